The smallest absolute Gasteiger partial charge is 0.124 e. The zero-order valence-corrected chi connectivity index (χ0v) is 18.5. The molecule has 1 aromatic carbocycles. The predicted molar refractivity (Wildman–Crippen MR) is 121 cm³/mol. The van der Waals surface area contributed by atoms with E-state index in [0.29, 0.717) is 10.0 Å². The van der Waals surface area contributed by atoms with Crippen molar-refractivity contribution in [1.82, 2.24) is 20.1 Å². The maximum absolute atomic E-state index is 6.28. The third kappa shape index (κ3) is 4.47. The first-order valence-electron chi connectivity index (χ1n) is 10.1. The van der Waals surface area contributed by atoms with E-state index in [1.165, 1.54) is 11.1 Å². The number of nitrogens with zero attached hydrogens (tertiary/aromatic N) is 3. The molecule has 1 atom stereocenters. The van der Waals surface area contributed by atoms with Crippen LogP contribution in [0, 0.1) is 0 Å². The van der Waals surface area contributed by atoms with E-state index < -0.39 is 0 Å². The van der Waals surface area contributed by atoms with E-state index in [1.807, 2.05) is 23.9 Å². The van der Waals surface area contributed by atoms with Crippen molar-refractivity contribution in [3.8, 4) is 5.75 Å². The highest BCUT2D eigenvalue weighted by molar-refractivity contribution is 6.35. The van der Waals surface area contributed by atoms with E-state index >= 15 is 0 Å². The van der Waals surface area contributed by atoms with E-state index in [2.05, 4.69) is 46.7 Å². The predicted octanol–water partition coefficient (Wildman–Crippen LogP) is 5.82. The first-order valence-corrected chi connectivity index (χ1v) is 10.8. The molecule has 0 spiro atoms. The minimum absolute atomic E-state index is 0.294. The minimum atomic E-state index is -0.294. The van der Waals surface area contributed by atoms with Gasteiger partial charge in [-0.3, -0.25) is 9.67 Å². The molecule has 0 bridgehead atoms. The number of ether oxygens (including phenoxy) is 1. The van der Waals surface area contributed by atoms with Gasteiger partial charge in [0.2, 0.25) is 0 Å². The van der Waals surface area contributed by atoms with Gasteiger partial charge in [-0.05, 0) is 43.0 Å². The molecule has 156 valence electrons. The van der Waals surface area contributed by atoms with Gasteiger partial charge in [-0.1, -0.05) is 42.3 Å². The van der Waals surface area contributed by atoms with E-state index in [1.54, 1.807) is 12.4 Å². The van der Waals surface area contributed by atoms with Crippen LogP contribution in [0.2, 0.25) is 10.0 Å². The zero-order valence-electron chi connectivity index (χ0n) is 17.0. The molecule has 0 fully saturated rings. The van der Waals surface area contributed by atoms with Crippen LogP contribution >= 0.6 is 23.2 Å². The number of benzene rings is 1. The summed E-state index contributed by atoms with van der Waals surface area (Å²) in [6, 6.07) is 6.15. The van der Waals surface area contributed by atoms with Crippen LogP contribution in [0.4, 0.5) is 0 Å². The highest BCUT2D eigenvalue weighted by atomic mass is 35.5. The van der Waals surface area contributed by atoms with Gasteiger partial charge in [0, 0.05) is 48.5 Å². The van der Waals surface area contributed by atoms with E-state index in [4.69, 9.17) is 27.9 Å². The first kappa shape index (κ1) is 20.8. The van der Waals surface area contributed by atoms with Crippen molar-refractivity contribution in [3.05, 3.63) is 81.4 Å². The van der Waals surface area contributed by atoms with Gasteiger partial charge in [0.1, 0.15) is 11.9 Å². The summed E-state index contributed by atoms with van der Waals surface area (Å²) in [5.41, 5.74) is 5.47. The molecule has 5 nitrogen and oxygen atoms in total. The van der Waals surface area contributed by atoms with Gasteiger partial charge >= 0.3 is 0 Å². The molecular formula is C23H24Cl2N4O. The Morgan fingerprint density at radius 3 is 2.80 bits per heavy atom. The van der Waals surface area contributed by atoms with Gasteiger partial charge in [0.25, 0.3) is 0 Å². The molecule has 0 radical (unpaired) electrons. The highest BCUT2D eigenvalue weighted by Crippen LogP contribution is 2.34. The summed E-state index contributed by atoms with van der Waals surface area (Å²) in [5.74, 6) is 0.774. The maximum Gasteiger partial charge on any atom is 0.124 e. The monoisotopic (exact) mass is 442 g/mol. The Kier molecular flexibility index (Phi) is 6.30. The van der Waals surface area contributed by atoms with Gasteiger partial charge in [-0.25, -0.2) is 0 Å². The molecule has 1 aliphatic heterocycles. The molecule has 2 aromatic heterocycles. The molecule has 7 heteroatoms. The van der Waals surface area contributed by atoms with Crippen LogP contribution in [-0.2, 0) is 19.5 Å². The van der Waals surface area contributed by atoms with Crippen LogP contribution in [-0.4, -0.2) is 14.8 Å². The molecular weight excluding hydrogens is 419 g/mol. The Balaban J connectivity index is 1.51. The van der Waals surface area contributed by atoms with E-state index in [0.717, 1.165) is 48.5 Å². The Labute approximate surface area is 186 Å². The van der Waals surface area contributed by atoms with Gasteiger partial charge in [-0.15, -0.1) is 0 Å². The van der Waals surface area contributed by atoms with Crippen molar-refractivity contribution in [1.29, 1.82) is 0 Å². The molecule has 0 saturated heterocycles. The summed E-state index contributed by atoms with van der Waals surface area (Å²) >= 11 is 12.6. The standard InChI is InChI=1S/C23H24Cl2N4O/c1-3-8-29-14-16(10-28-29)4-7-22-19-9-18(6-5-17(19)11-27-22)30-15(2)23-20(24)12-26-13-21(23)25/h5-7,9-10,12-15,27H,3-4,8,11H2,1-2H3/b22-7-/t15-/m1/s1. The molecule has 0 amide bonds. The number of hydrogen-bond acceptors (Lipinski definition) is 4. The summed E-state index contributed by atoms with van der Waals surface area (Å²) in [7, 11) is 0. The second-order valence-electron chi connectivity index (χ2n) is 7.38. The lowest BCUT2D eigenvalue weighted by Gasteiger charge is -2.18. The van der Waals surface area contributed by atoms with Crippen LogP contribution in [0.25, 0.3) is 5.70 Å². The summed E-state index contributed by atoms with van der Waals surface area (Å²) in [6.45, 7) is 5.85. The fourth-order valence-corrected chi connectivity index (χ4v) is 4.33. The largest absolute Gasteiger partial charge is 0.486 e. The second kappa shape index (κ2) is 9.11. The maximum atomic E-state index is 6.28. The van der Waals surface area contributed by atoms with Gasteiger partial charge in [-0.2, -0.15) is 5.10 Å². The average Bonchev–Trinajstić information content (AvgIpc) is 3.33. The van der Waals surface area contributed by atoms with Crippen LogP contribution in [0.3, 0.4) is 0 Å². The van der Waals surface area contributed by atoms with E-state index in [-0.39, 0.29) is 6.10 Å². The molecule has 1 aliphatic rings. The van der Waals surface area contributed by atoms with Crippen LogP contribution in [0.15, 0.2) is 49.1 Å². The lowest BCUT2D eigenvalue weighted by Crippen LogP contribution is -2.05. The fourth-order valence-electron chi connectivity index (χ4n) is 3.66. The molecule has 0 saturated carbocycles. The lowest BCUT2D eigenvalue weighted by molar-refractivity contribution is 0.227. The molecule has 4 rings (SSSR count). The number of hydrogen-bond donors (Lipinski definition) is 1. The number of aromatic nitrogens is 3. The highest BCUT2D eigenvalue weighted by Gasteiger charge is 2.19. The molecule has 1 N–H and O–H groups in total. The van der Waals surface area contributed by atoms with Crippen molar-refractivity contribution in [3.63, 3.8) is 0 Å². The van der Waals surface area contributed by atoms with Crippen LogP contribution in [0.1, 0.15) is 48.6 Å². The van der Waals surface area contributed by atoms with Crippen molar-refractivity contribution in [2.24, 2.45) is 0 Å². The molecule has 0 aliphatic carbocycles. The van der Waals surface area contributed by atoms with Gasteiger partial charge in [0.15, 0.2) is 0 Å². The van der Waals surface area contributed by atoms with Crippen LogP contribution < -0.4 is 10.1 Å². The van der Waals surface area contributed by atoms with Crippen LogP contribution in [0.5, 0.6) is 5.75 Å². The molecule has 0 unspecified atom stereocenters. The number of fused-ring (bicyclic) bond motifs is 1. The number of halogens is 2. The second-order valence-corrected chi connectivity index (χ2v) is 8.20. The third-order valence-electron chi connectivity index (χ3n) is 5.13. The quantitative estimate of drug-likeness (QED) is 0.500. The normalized spacial score (nSPS) is 15.1. The van der Waals surface area contributed by atoms with Crippen molar-refractivity contribution in [2.75, 3.05) is 0 Å². The SMILES string of the molecule is CCCn1cc(C/C=C2\NCc3ccc(O[C@H](C)c4c(Cl)cncc4Cl)cc32)cn1. The average molecular weight is 443 g/mol. The first-order chi connectivity index (χ1) is 14.5. The lowest BCUT2D eigenvalue weighted by atomic mass is 10.1. The summed E-state index contributed by atoms with van der Waals surface area (Å²) in [5, 5.41) is 8.89. The number of pyridine rings is 1. The fraction of sp³-hybridized carbons (Fsp3) is 0.304. The number of rotatable bonds is 7. The van der Waals surface area contributed by atoms with Gasteiger partial charge < -0.3 is 10.1 Å². The van der Waals surface area contributed by atoms with Crippen molar-refractivity contribution >= 4 is 28.9 Å². The van der Waals surface area contributed by atoms with Crippen molar-refractivity contribution in [2.45, 2.75) is 45.9 Å². The minimum Gasteiger partial charge on any atom is -0.486 e. The molecule has 3 heterocycles. The Morgan fingerprint density at radius 1 is 1.23 bits per heavy atom. The zero-order chi connectivity index (χ0) is 21.1. The Hall–Kier alpha value is -2.50. The Morgan fingerprint density at radius 2 is 2.03 bits per heavy atom. The summed E-state index contributed by atoms with van der Waals surface area (Å²) in [6.07, 6.45) is 11.0. The topological polar surface area (TPSA) is 52.0 Å². The summed E-state index contributed by atoms with van der Waals surface area (Å²) in [4.78, 5) is 4.01. The number of nitrogens with one attached hydrogen (secondary N) is 1. The number of allylic oxidation sites excluding steroid dienone is 1. The molecule has 3 aromatic rings. The van der Waals surface area contributed by atoms with E-state index in [9.17, 15) is 0 Å². The number of aryl methyl sites for hydroxylation is 1. The third-order valence-corrected chi connectivity index (χ3v) is 5.73. The van der Waals surface area contributed by atoms with Crippen molar-refractivity contribution < 1.29 is 4.74 Å². The Bertz CT molecular complexity index is 1060. The van der Waals surface area contributed by atoms with Gasteiger partial charge in [0.05, 0.1) is 16.2 Å². The molecule has 30 heavy (non-hydrogen) atoms. The summed E-state index contributed by atoms with van der Waals surface area (Å²) < 4.78 is 8.16.